The van der Waals surface area contributed by atoms with Crippen molar-refractivity contribution in [2.75, 3.05) is 55.9 Å². The Bertz CT molecular complexity index is 1490. The van der Waals surface area contributed by atoms with E-state index in [0.717, 1.165) is 38.9 Å². The van der Waals surface area contributed by atoms with Crippen molar-refractivity contribution in [1.82, 2.24) is 19.4 Å². The lowest BCUT2D eigenvalue weighted by Gasteiger charge is -2.34. The van der Waals surface area contributed by atoms with E-state index in [-0.39, 0.29) is 11.7 Å². The molecule has 40 heavy (non-hydrogen) atoms. The van der Waals surface area contributed by atoms with Crippen LogP contribution in [0.2, 0.25) is 5.02 Å². The van der Waals surface area contributed by atoms with Gasteiger partial charge >= 0.3 is 5.92 Å². The summed E-state index contributed by atoms with van der Waals surface area (Å²) >= 11 is 6.50. The first-order valence-electron chi connectivity index (χ1n) is 13.7. The van der Waals surface area contributed by atoms with E-state index in [2.05, 4.69) is 39.5 Å². The SMILES string of the molecule is CN(C)C[C@@H]1CCCN(c2ncc(Cl)c(Nc3ccc4c(c3)c3c(c(=O)n4C)OCC(F)(F)[C@H](C4CC4)N3)n2)C1. The van der Waals surface area contributed by atoms with Crippen molar-refractivity contribution in [2.45, 2.75) is 37.6 Å². The van der Waals surface area contributed by atoms with Crippen LogP contribution in [0.25, 0.3) is 10.9 Å². The summed E-state index contributed by atoms with van der Waals surface area (Å²) < 4.78 is 36.8. The van der Waals surface area contributed by atoms with Gasteiger partial charge in [0.05, 0.1) is 23.4 Å². The monoisotopic (exact) mass is 573 g/mol. The molecule has 3 aromatic rings. The number of rotatable bonds is 6. The van der Waals surface area contributed by atoms with E-state index in [1.165, 1.54) is 11.0 Å². The molecule has 2 atom stereocenters. The zero-order valence-corrected chi connectivity index (χ0v) is 23.6. The molecule has 0 radical (unpaired) electrons. The number of nitrogens with zero attached hydrogens (tertiary/aromatic N) is 5. The molecule has 0 spiro atoms. The third kappa shape index (κ3) is 5.16. The Morgan fingerprint density at radius 1 is 1.27 bits per heavy atom. The van der Waals surface area contributed by atoms with Crippen molar-refractivity contribution < 1.29 is 13.5 Å². The van der Waals surface area contributed by atoms with Gasteiger partial charge in [-0.2, -0.15) is 4.98 Å². The van der Waals surface area contributed by atoms with Crippen LogP contribution in [0.1, 0.15) is 25.7 Å². The van der Waals surface area contributed by atoms with Gasteiger partial charge in [-0.25, -0.2) is 13.8 Å². The van der Waals surface area contributed by atoms with Gasteiger partial charge in [0.25, 0.3) is 5.56 Å². The highest BCUT2D eigenvalue weighted by atomic mass is 35.5. The molecule has 0 bridgehead atoms. The van der Waals surface area contributed by atoms with Crippen LogP contribution in [0.15, 0.2) is 29.2 Å². The summed E-state index contributed by atoms with van der Waals surface area (Å²) in [5, 5.41) is 7.26. The molecule has 6 rings (SSSR count). The number of ether oxygens (including phenoxy) is 1. The molecule has 2 aromatic heterocycles. The van der Waals surface area contributed by atoms with Gasteiger partial charge in [0, 0.05) is 37.8 Å². The third-order valence-electron chi connectivity index (χ3n) is 8.03. The fraction of sp³-hybridized carbons (Fsp3) is 0.536. The summed E-state index contributed by atoms with van der Waals surface area (Å²) in [6.07, 6.45) is 5.27. The minimum atomic E-state index is -3.10. The molecular weight excluding hydrogens is 540 g/mol. The van der Waals surface area contributed by atoms with Gasteiger partial charge < -0.3 is 29.7 Å². The number of aryl methyl sites for hydroxylation is 1. The molecule has 1 aromatic carbocycles. The highest BCUT2D eigenvalue weighted by Crippen LogP contribution is 2.45. The Hall–Kier alpha value is -3.18. The maximum atomic E-state index is 15.0. The summed E-state index contributed by atoms with van der Waals surface area (Å²) in [4.78, 5) is 26.7. The van der Waals surface area contributed by atoms with Crippen LogP contribution >= 0.6 is 11.6 Å². The van der Waals surface area contributed by atoms with Crippen molar-refractivity contribution in [3.63, 3.8) is 0 Å². The van der Waals surface area contributed by atoms with Crippen molar-refractivity contribution in [3.05, 3.63) is 39.8 Å². The number of alkyl halides is 2. The third-order valence-corrected chi connectivity index (χ3v) is 8.31. The van der Waals surface area contributed by atoms with Crippen LogP contribution in [-0.4, -0.2) is 71.7 Å². The van der Waals surface area contributed by atoms with Gasteiger partial charge in [0.15, 0.2) is 12.4 Å². The van der Waals surface area contributed by atoms with Gasteiger partial charge in [-0.05, 0) is 69.8 Å². The van der Waals surface area contributed by atoms with Crippen molar-refractivity contribution in [1.29, 1.82) is 0 Å². The second kappa shape index (κ2) is 10.3. The summed E-state index contributed by atoms with van der Waals surface area (Å²) in [6, 6.07) is 4.30. The van der Waals surface area contributed by atoms with Crippen LogP contribution in [-0.2, 0) is 7.05 Å². The summed E-state index contributed by atoms with van der Waals surface area (Å²) in [5.74, 6) is -1.76. The Labute approximate surface area is 236 Å². The van der Waals surface area contributed by atoms with Crippen molar-refractivity contribution in [3.8, 4) is 5.75 Å². The number of benzene rings is 1. The van der Waals surface area contributed by atoms with E-state index in [1.54, 1.807) is 19.3 Å². The Morgan fingerprint density at radius 2 is 2.08 bits per heavy atom. The molecule has 0 amide bonds. The molecule has 1 saturated carbocycles. The average Bonchev–Trinajstić information content (AvgIpc) is 3.76. The van der Waals surface area contributed by atoms with E-state index in [1.807, 2.05) is 12.1 Å². The van der Waals surface area contributed by atoms with Gasteiger partial charge in [-0.3, -0.25) is 4.79 Å². The number of anilines is 4. The van der Waals surface area contributed by atoms with Crippen LogP contribution in [0, 0.1) is 11.8 Å². The summed E-state index contributed by atoms with van der Waals surface area (Å²) in [5.41, 5.74) is 1.08. The molecule has 3 aliphatic rings. The highest BCUT2D eigenvalue weighted by Gasteiger charge is 2.51. The number of aromatic nitrogens is 3. The van der Waals surface area contributed by atoms with Crippen molar-refractivity contribution in [2.24, 2.45) is 18.9 Å². The van der Waals surface area contributed by atoms with E-state index in [0.29, 0.717) is 45.0 Å². The lowest BCUT2D eigenvalue weighted by Crippen LogP contribution is -2.44. The molecule has 9 nitrogen and oxygen atoms in total. The molecule has 12 heteroatoms. The van der Waals surface area contributed by atoms with E-state index >= 15 is 0 Å². The van der Waals surface area contributed by atoms with Crippen LogP contribution in [0.4, 0.5) is 31.9 Å². The van der Waals surface area contributed by atoms with E-state index in [4.69, 9.17) is 21.3 Å². The lowest BCUT2D eigenvalue weighted by atomic mass is 9.98. The van der Waals surface area contributed by atoms with Crippen molar-refractivity contribution >= 4 is 45.6 Å². The number of piperidine rings is 1. The lowest BCUT2D eigenvalue weighted by molar-refractivity contribution is -0.0579. The minimum Gasteiger partial charge on any atom is -0.480 e. The van der Waals surface area contributed by atoms with Crippen LogP contribution < -0.4 is 25.8 Å². The largest absolute Gasteiger partial charge is 0.480 e. The zero-order valence-electron chi connectivity index (χ0n) is 22.9. The number of hydrogen-bond donors (Lipinski definition) is 2. The molecule has 2 fully saturated rings. The molecular formula is C28H34ClF2N7O2. The second-order valence-corrected chi connectivity index (χ2v) is 11.9. The molecule has 214 valence electrons. The van der Waals surface area contributed by atoms with Crippen LogP contribution in [0.3, 0.4) is 0 Å². The summed E-state index contributed by atoms with van der Waals surface area (Å²) in [7, 11) is 5.78. The predicted octanol–water partition coefficient (Wildman–Crippen LogP) is 4.72. The number of pyridine rings is 1. The maximum Gasteiger partial charge on any atom is 0.301 e. The average molecular weight is 574 g/mol. The van der Waals surface area contributed by atoms with Gasteiger partial charge in [-0.15, -0.1) is 0 Å². The van der Waals surface area contributed by atoms with Gasteiger partial charge in [0.2, 0.25) is 11.7 Å². The molecule has 2 aliphatic heterocycles. The minimum absolute atomic E-state index is 0.0882. The Balaban J connectivity index is 1.34. The number of nitrogens with one attached hydrogen (secondary N) is 2. The maximum absolute atomic E-state index is 15.0. The fourth-order valence-corrected chi connectivity index (χ4v) is 6.07. The van der Waals surface area contributed by atoms with Gasteiger partial charge in [-0.1, -0.05) is 11.6 Å². The first kappa shape index (κ1) is 27.0. The number of halogens is 3. The first-order chi connectivity index (χ1) is 19.1. The van der Waals surface area contributed by atoms with E-state index < -0.39 is 24.1 Å². The van der Waals surface area contributed by atoms with Crippen LogP contribution in [0.5, 0.6) is 5.75 Å². The highest BCUT2D eigenvalue weighted by molar-refractivity contribution is 6.32. The zero-order chi connectivity index (χ0) is 28.2. The Kier molecular flexibility index (Phi) is 6.98. The molecule has 1 saturated heterocycles. The number of hydrogen-bond acceptors (Lipinski definition) is 8. The standard InChI is InChI=1S/C28H34ClF2N7O2/c1-36(2)13-16-5-4-10-38(14-16)27-32-12-20(29)25(35-27)33-18-8-9-21-19(11-18)22-23(26(39)37(21)3)40-15-28(30,31)24(34-22)17-6-7-17/h8-9,11-12,16-17,24,34H,4-7,10,13-15H2,1-3H3,(H,32,33,35)/t16-,24-/m0/s1. The topological polar surface area (TPSA) is 87.5 Å². The molecule has 2 N–H and O–H groups in total. The van der Waals surface area contributed by atoms with E-state index in [9.17, 15) is 13.6 Å². The second-order valence-electron chi connectivity index (χ2n) is 11.5. The predicted molar refractivity (Wildman–Crippen MR) is 154 cm³/mol. The number of fused-ring (bicyclic) bond motifs is 3. The quantitative estimate of drug-likeness (QED) is 0.438. The first-order valence-corrected chi connectivity index (χ1v) is 14.1. The summed E-state index contributed by atoms with van der Waals surface area (Å²) in [6.45, 7) is 1.91. The smallest absolute Gasteiger partial charge is 0.301 e. The normalized spacial score (nSPS) is 22.4. The molecule has 1 aliphatic carbocycles. The molecule has 4 heterocycles. The van der Waals surface area contributed by atoms with Gasteiger partial charge in [0.1, 0.15) is 5.02 Å². The fourth-order valence-electron chi connectivity index (χ4n) is 5.93. The Morgan fingerprint density at radius 3 is 2.83 bits per heavy atom. The molecule has 0 unspecified atom stereocenters.